The number of likely N-dealkylation sites (tertiary alicyclic amines) is 1. The summed E-state index contributed by atoms with van der Waals surface area (Å²) < 4.78 is 68.4. The molecule has 5 rings (SSSR count). The van der Waals surface area contributed by atoms with E-state index in [2.05, 4.69) is 15.4 Å². The van der Waals surface area contributed by atoms with Gasteiger partial charge >= 0.3 is 12.3 Å². The van der Waals surface area contributed by atoms with Crippen molar-refractivity contribution >= 4 is 32.9 Å². The van der Waals surface area contributed by atoms with E-state index in [0.717, 1.165) is 24.0 Å². The largest absolute Gasteiger partial charge is 0.445 e. The van der Waals surface area contributed by atoms with Crippen molar-refractivity contribution in [1.29, 1.82) is 0 Å². The van der Waals surface area contributed by atoms with E-state index in [4.69, 9.17) is 4.74 Å². The number of ether oxygens (including phenoxy) is 1. The van der Waals surface area contributed by atoms with E-state index < -0.39 is 39.2 Å². The third-order valence-electron chi connectivity index (χ3n) is 6.24. The molecule has 1 aromatic heterocycles. The molecule has 3 heterocycles. The van der Waals surface area contributed by atoms with Gasteiger partial charge in [-0.1, -0.05) is 0 Å². The molecule has 1 fully saturated rings. The van der Waals surface area contributed by atoms with Crippen molar-refractivity contribution < 1.29 is 35.9 Å². The maximum absolute atomic E-state index is 13.2. The quantitative estimate of drug-likeness (QED) is 0.545. The molecule has 2 aromatic carbocycles. The summed E-state index contributed by atoms with van der Waals surface area (Å²) in [6, 6.07) is 7.34. The zero-order valence-electron chi connectivity index (χ0n) is 19.3. The van der Waals surface area contributed by atoms with Crippen molar-refractivity contribution in [2.75, 3.05) is 25.9 Å². The average molecular weight is 536 g/mol. The van der Waals surface area contributed by atoms with Crippen LogP contribution in [0.3, 0.4) is 0 Å². The molecule has 3 aromatic rings. The number of rotatable bonds is 4. The number of nitrogens with one attached hydrogen (secondary N) is 1. The smallest absolute Gasteiger partial charge is 0.416 e. The first-order valence-corrected chi connectivity index (χ1v) is 12.9. The Morgan fingerprint density at radius 1 is 1.11 bits per heavy atom. The summed E-state index contributed by atoms with van der Waals surface area (Å²) in [6.45, 7) is 0.307. The number of alkyl halides is 3. The van der Waals surface area contributed by atoms with Crippen LogP contribution in [0.5, 0.6) is 0 Å². The molecule has 0 aliphatic carbocycles. The van der Waals surface area contributed by atoms with Crippen molar-refractivity contribution in [3.63, 3.8) is 0 Å². The average Bonchev–Trinajstić information content (AvgIpc) is 3.55. The Balaban J connectivity index is 1.23. The number of aromatic amines is 1. The number of hydrogen-bond donors (Lipinski definition) is 1. The Morgan fingerprint density at radius 2 is 1.86 bits per heavy atom. The van der Waals surface area contributed by atoms with Crippen molar-refractivity contribution in [1.82, 2.24) is 25.2 Å². The van der Waals surface area contributed by atoms with Crippen LogP contribution in [0, 0.1) is 5.92 Å². The fraction of sp³-hybridized carbons (Fsp3) is 0.304. The van der Waals surface area contributed by atoms with Crippen LogP contribution >= 0.6 is 0 Å². The van der Waals surface area contributed by atoms with Crippen LogP contribution in [-0.4, -0.2) is 71.5 Å². The van der Waals surface area contributed by atoms with Gasteiger partial charge < -0.3 is 14.5 Å². The van der Waals surface area contributed by atoms with Gasteiger partial charge in [-0.05, 0) is 47.5 Å². The molecule has 1 N–H and O–H groups in total. The minimum atomic E-state index is -4.76. The van der Waals surface area contributed by atoms with Crippen molar-refractivity contribution in [2.45, 2.75) is 17.7 Å². The molecule has 1 saturated heterocycles. The summed E-state index contributed by atoms with van der Waals surface area (Å²) in [4.78, 5) is 27.9. The van der Waals surface area contributed by atoms with Gasteiger partial charge in [0, 0.05) is 43.6 Å². The second-order valence-corrected chi connectivity index (χ2v) is 11.0. The zero-order valence-corrected chi connectivity index (χ0v) is 20.1. The molecule has 0 spiro atoms. The van der Waals surface area contributed by atoms with Crippen LogP contribution in [0.15, 0.2) is 53.1 Å². The first-order valence-electron chi connectivity index (χ1n) is 11.0. The number of fused-ring (bicyclic) bond motifs is 2. The van der Waals surface area contributed by atoms with E-state index in [9.17, 15) is 31.2 Å². The second-order valence-electron chi connectivity index (χ2n) is 8.96. The highest BCUT2D eigenvalue weighted by Gasteiger charge is 2.38. The Kier molecular flexibility index (Phi) is 5.93. The lowest BCUT2D eigenvalue weighted by Gasteiger charge is -2.20. The van der Waals surface area contributed by atoms with Gasteiger partial charge in [0.25, 0.3) is 5.91 Å². The fourth-order valence-corrected chi connectivity index (χ4v) is 5.09. The number of sulfone groups is 1. The lowest BCUT2D eigenvalue weighted by atomic mass is 10.1. The van der Waals surface area contributed by atoms with Gasteiger partial charge in [-0.3, -0.25) is 4.79 Å². The van der Waals surface area contributed by atoms with Crippen molar-refractivity contribution in [3.05, 3.63) is 64.9 Å². The molecule has 1 atom stereocenters. The van der Waals surface area contributed by atoms with Gasteiger partial charge in [0.05, 0.1) is 10.5 Å². The highest BCUT2D eigenvalue weighted by Crippen LogP contribution is 2.33. The van der Waals surface area contributed by atoms with Crippen LogP contribution in [-0.2, 0) is 27.4 Å². The molecule has 2 amide bonds. The number of carbonyl (C=O) groups is 2. The third kappa shape index (κ3) is 5.01. The van der Waals surface area contributed by atoms with Crippen LogP contribution < -0.4 is 0 Å². The molecule has 0 radical (unpaired) electrons. The highest BCUT2D eigenvalue weighted by atomic mass is 32.2. The van der Waals surface area contributed by atoms with E-state index >= 15 is 0 Å². The van der Waals surface area contributed by atoms with E-state index in [-0.39, 0.29) is 30.5 Å². The van der Waals surface area contributed by atoms with Crippen LogP contribution in [0.1, 0.15) is 21.5 Å². The Bertz CT molecular complexity index is 1550. The molecule has 10 nitrogen and oxygen atoms in total. The summed E-state index contributed by atoms with van der Waals surface area (Å²) in [5.74, 6) is -0.315. The van der Waals surface area contributed by atoms with E-state index in [1.54, 1.807) is 29.3 Å². The third-order valence-corrected chi connectivity index (χ3v) is 7.34. The number of benzene rings is 2. The number of carbonyl (C=O) groups excluding carboxylic acids is 2. The number of amides is 2. The molecule has 194 valence electrons. The zero-order chi connectivity index (χ0) is 26.5. The molecule has 14 heteroatoms. The van der Waals surface area contributed by atoms with E-state index in [0.29, 0.717) is 29.2 Å². The van der Waals surface area contributed by atoms with E-state index in [1.807, 2.05) is 0 Å². The molecule has 37 heavy (non-hydrogen) atoms. The Morgan fingerprint density at radius 3 is 2.57 bits per heavy atom. The van der Waals surface area contributed by atoms with Gasteiger partial charge in [0.2, 0.25) is 0 Å². The second kappa shape index (κ2) is 8.87. The summed E-state index contributed by atoms with van der Waals surface area (Å²) in [5.41, 5.74) is 1.27. The van der Waals surface area contributed by atoms with Crippen LogP contribution in [0.25, 0.3) is 11.0 Å². The summed E-state index contributed by atoms with van der Waals surface area (Å²) in [7, 11) is -3.91. The SMILES string of the molecule is CS(=O)(=O)c1cc(COC(=O)N2CC3=CN(C(=O)c4ccc5n[nH]nc5c4)C[C@H]3C2)cc(C(F)(F)F)c1. The molecule has 0 unspecified atom stereocenters. The molecular formula is C23H20F3N5O5S. The van der Waals surface area contributed by atoms with Gasteiger partial charge in [-0.25, -0.2) is 13.2 Å². The predicted molar refractivity (Wildman–Crippen MR) is 123 cm³/mol. The standard InChI is InChI=1S/C23H20F3N5O5S/c1-37(34,35)18-5-13(4-17(7-18)23(24,25)26)12-36-22(33)31-10-15-8-30(9-16(15)11-31)21(32)14-2-3-19-20(6-14)28-29-27-19/h2-8,16H,9-12H2,1H3,(H,27,28,29)/t16-/m0/s1. The maximum atomic E-state index is 13.2. The number of H-pyrrole nitrogens is 1. The van der Waals surface area contributed by atoms with Crippen molar-refractivity contribution in [2.24, 2.45) is 5.92 Å². The molecular weight excluding hydrogens is 515 g/mol. The van der Waals surface area contributed by atoms with Gasteiger partial charge in [0.15, 0.2) is 9.84 Å². The van der Waals surface area contributed by atoms with Crippen molar-refractivity contribution in [3.8, 4) is 0 Å². The minimum Gasteiger partial charge on any atom is -0.445 e. The van der Waals surface area contributed by atoms with Gasteiger partial charge in [0.1, 0.15) is 17.6 Å². The maximum Gasteiger partial charge on any atom is 0.416 e. The minimum absolute atomic E-state index is 0.0944. The molecule has 0 saturated carbocycles. The topological polar surface area (TPSA) is 126 Å². The number of nitrogens with zero attached hydrogens (tertiary/aromatic N) is 4. The lowest BCUT2D eigenvalue weighted by Crippen LogP contribution is -2.33. The number of halogens is 3. The van der Waals surface area contributed by atoms with Gasteiger partial charge in [-0.15, -0.1) is 0 Å². The molecule has 0 bridgehead atoms. The highest BCUT2D eigenvalue weighted by molar-refractivity contribution is 7.90. The summed E-state index contributed by atoms with van der Waals surface area (Å²) in [6.07, 6.45) is -3.01. The fourth-order valence-electron chi connectivity index (χ4n) is 4.39. The lowest BCUT2D eigenvalue weighted by molar-refractivity contribution is -0.137. The summed E-state index contributed by atoms with van der Waals surface area (Å²) in [5, 5.41) is 10.4. The molecule has 2 aliphatic heterocycles. The predicted octanol–water partition coefficient (Wildman–Crippen LogP) is 2.99. The normalized spacial score (nSPS) is 17.7. The molecule has 2 aliphatic rings. The number of aromatic nitrogens is 3. The monoisotopic (exact) mass is 535 g/mol. The van der Waals surface area contributed by atoms with E-state index in [1.165, 1.54) is 4.90 Å². The Labute approximate surface area is 208 Å². The summed E-state index contributed by atoms with van der Waals surface area (Å²) >= 11 is 0. The van der Waals surface area contributed by atoms with Crippen LogP contribution in [0.2, 0.25) is 0 Å². The van der Waals surface area contributed by atoms with Gasteiger partial charge in [-0.2, -0.15) is 28.6 Å². The number of hydrogen-bond acceptors (Lipinski definition) is 7. The first-order chi connectivity index (χ1) is 17.4. The Hall–Kier alpha value is -3.94. The van der Waals surface area contributed by atoms with Crippen LogP contribution in [0.4, 0.5) is 18.0 Å². The first kappa shape index (κ1) is 24.7.